The van der Waals surface area contributed by atoms with Gasteiger partial charge in [-0.25, -0.2) is 4.57 Å². The van der Waals surface area contributed by atoms with E-state index in [0.717, 1.165) is 18.8 Å². The van der Waals surface area contributed by atoms with Crippen molar-refractivity contribution in [3.63, 3.8) is 0 Å². The van der Waals surface area contributed by atoms with Crippen LogP contribution < -0.4 is 4.57 Å². The van der Waals surface area contributed by atoms with Crippen molar-refractivity contribution >= 4 is 0 Å². The van der Waals surface area contributed by atoms with Gasteiger partial charge in [-0.2, -0.15) is 0 Å². The average Bonchev–Trinajstić information content (AvgIpc) is 2.71. The first-order chi connectivity index (χ1) is 13.5. The number of hydrogen-bond acceptors (Lipinski definition) is 0. The Hall–Kier alpha value is -2.41. The molecule has 2 aromatic carbocycles. The number of aromatic nitrogens is 1. The molecule has 0 amide bonds. The van der Waals surface area contributed by atoms with Gasteiger partial charge in [-0.1, -0.05) is 62.2 Å². The maximum atomic E-state index is 8.90. The van der Waals surface area contributed by atoms with E-state index in [1.54, 1.807) is 0 Å². The van der Waals surface area contributed by atoms with Gasteiger partial charge in [0.05, 0.1) is 0 Å². The van der Waals surface area contributed by atoms with E-state index in [9.17, 15) is 0 Å². The number of benzene rings is 2. The summed E-state index contributed by atoms with van der Waals surface area (Å²) in [7, 11) is 2.11. The molecule has 0 radical (unpaired) electrons. The van der Waals surface area contributed by atoms with Crippen LogP contribution in [-0.2, 0) is 7.05 Å². The topological polar surface area (TPSA) is 3.88 Å². The molecule has 0 bridgehead atoms. The lowest BCUT2D eigenvalue weighted by molar-refractivity contribution is -0.659. The van der Waals surface area contributed by atoms with E-state index < -0.39 is 5.89 Å². The lowest BCUT2D eigenvalue weighted by Gasteiger charge is -2.26. The largest absolute Gasteiger partial charge is 0.212 e. The van der Waals surface area contributed by atoms with Gasteiger partial charge < -0.3 is 0 Å². The highest BCUT2D eigenvalue weighted by Gasteiger charge is 2.20. The number of nitrogens with zero attached hydrogens (tertiary/aromatic N) is 1. The van der Waals surface area contributed by atoms with E-state index in [0.29, 0.717) is 0 Å². The molecule has 138 valence electrons. The average molecular weight is 358 g/mol. The second kappa shape index (κ2) is 7.68. The maximum Gasteiger partial charge on any atom is 0.212 e. The number of hydrogen-bond donors (Lipinski definition) is 0. The fraction of sp³-hybridized carbons (Fsp3) is 0.346. The minimum Gasteiger partial charge on any atom is -0.200 e. The quantitative estimate of drug-likeness (QED) is 0.474. The molecule has 0 spiro atoms. The third-order valence-electron chi connectivity index (χ3n) is 6.06. The molecule has 0 unspecified atom stereocenters. The molecule has 1 heteroatoms. The third kappa shape index (κ3) is 3.83. The van der Waals surface area contributed by atoms with Crippen LogP contribution in [0.1, 0.15) is 51.0 Å². The summed E-state index contributed by atoms with van der Waals surface area (Å²) in [5.41, 5.74) is 7.38. The molecule has 0 N–H and O–H groups in total. The predicted molar refractivity (Wildman–Crippen MR) is 114 cm³/mol. The van der Waals surface area contributed by atoms with E-state index in [1.807, 2.05) is 0 Å². The second-order valence-corrected chi connectivity index (χ2v) is 8.09. The fourth-order valence-corrected chi connectivity index (χ4v) is 4.22. The first-order valence-corrected chi connectivity index (χ1v) is 10.1. The van der Waals surface area contributed by atoms with Crippen LogP contribution in [0.5, 0.6) is 0 Å². The van der Waals surface area contributed by atoms with Crippen LogP contribution in [0, 0.1) is 12.8 Å². The van der Waals surface area contributed by atoms with Crippen molar-refractivity contribution in [2.75, 3.05) is 0 Å². The van der Waals surface area contributed by atoms with Gasteiger partial charge in [0.1, 0.15) is 7.05 Å². The van der Waals surface area contributed by atoms with Crippen molar-refractivity contribution < 1.29 is 5.94 Å². The highest BCUT2D eigenvalue weighted by Crippen LogP contribution is 2.36. The monoisotopic (exact) mass is 357 g/mol. The molecule has 1 heterocycles. The van der Waals surface area contributed by atoms with Crippen molar-refractivity contribution in [3.8, 4) is 22.4 Å². The fourth-order valence-electron chi connectivity index (χ4n) is 4.22. The summed E-state index contributed by atoms with van der Waals surface area (Å²) >= 11 is 0. The maximum absolute atomic E-state index is 8.90. The Morgan fingerprint density at radius 1 is 0.852 bits per heavy atom. The summed E-state index contributed by atoms with van der Waals surface area (Å²) in [5.74, 6) is 0.370. The molecule has 0 atom stereocenters. The number of rotatable bonds is 3. The van der Waals surface area contributed by atoms with Gasteiger partial charge >= 0.3 is 0 Å². The van der Waals surface area contributed by atoms with E-state index in [1.165, 1.54) is 46.4 Å². The number of aryl methyl sites for hydroxylation is 2. The van der Waals surface area contributed by atoms with Crippen LogP contribution in [0.15, 0.2) is 66.9 Å². The summed E-state index contributed by atoms with van der Waals surface area (Å²) in [6.07, 6.45) is 6.50. The summed E-state index contributed by atoms with van der Waals surface area (Å²) < 4.78 is 11.1. The van der Waals surface area contributed by atoms with E-state index in [-0.39, 0.29) is 0 Å². The van der Waals surface area contributed by atoms with Crippen LogP contribution in [0.25, 0.3) is 22.4 Å². The van der Waals surface area contributed by atoms with Crippen LogP contribution in [0.2, 0.25) is 0 Å². The standard InChI is InChI=1S/C26H30N/c1-19-8-10-21(11-9-19)22-12-14-23(15-13-22)24-16-17-26(27(3)18-24)25-7-5-4-6-20(25)2/h4-7,12-19,21H,8-11H2,1-3H3/q+1/i21D. The molecule has 1 saturated carbocycles. The van der Waals surface area contributed by atoms with Crippen LogP contribution >= 0.6 is 0 Å². The molecule has 1 nitrogen and oxygen atoms in total. The van der Waals surface area contributed by atoms with Gasteiger partial charge in [-0.05, 0) is 60.4 Å². The molecular weight excluding hydrogens is 326 g/mol. The Morgan fingerprint density at radius 3 is 2.19 bits per heavy atom. The molecule has 0 aliphatic heterocycles. The normalized spacial score (nSPS) is 23.1. The molecule has 1 aliphatic carbocycles. The predicted octanol–water partition coefficient (Wildman–Crippen LogP) is 6.45. The van der Waals surface area contributed by atoms with Crippen molar-refractivity contribution in [2.24, 2.45) is 13.0 Å². The van der Waals surface area contributed by atoms with Gasteiger partial charge in [-0.15, -0.1) is 0 Å². The molecule has 1 aromatic heterocycles. The zero-order chi connectivity index (χ0) is 19.7. The molecule has 3 aromatic rings. The van der Waals surface area contributed by atoms with Crippen molar-refractivity contribution in [3.05, 3.63) is 78.0 Å². The molecule has 1 aliphatic rings. The Bertz CT molecular complexity index is 966. The van der Waals surface area contributed by atoms with E-state index in [2.05, 4.69) is 92.3 Å². The Labute approximate surface area is 165 Å². The summed E-state index contributed by atoms with van der Waals surface area (Å²) in [6.45, 7) is 4.47. The Balaban J connectivity index is 1.60. The summed E-state index contributed by atoms with van der Waals surface area (Å²) in [4.78, 5) is 0. The Kier molecular flexibility index (Phi) is 4.76. The van der Waals surface area contributed by atoms with Gasteiger partial charge in [0.2, 0.25) is 5.69 Å². The smallest absolute Gasteiger partial charge is 0.200 e. The molecule has 1 fully saturated rings. The highest BCUT2D eigenvalue weighted by molar-refractivity contribution is 5.66. The van der Waals surface area contributed by atoms with Gasteiger partial charge in [0, 0.05) is 18.6 Å². The van der Waals surface area contributed by atoms with Crippen molar-refractivity contribution in [1.29, 1.82) is 0 Å². The first-order valence-electron chi connectivity index (χ1n) is 10.6. The van der Waals surface area contributed by atoms with Crippen LogP contribution in [0.3, 0.4) is 0 Å². The van der Waals surface area contributed by atoms with E-state index in [4.69, 9.17) is 1.37 Å². The molecule has 4 rings (SSSR count). The Morgan fingerprint density at radius 2 is 1.52 bits per heavy atom. The van der Waals surface area contributed by atoms with Gasteiger partial charge in [-0.3, -0.25) is 0 Å². The van der Waals surface area contributed by atoms with Gasteiger partial charge in [0.15, 0.2) is 6.20 Å². The van der Waals surface area contributed by atoms with Crippen molar-refractivity contribution in [1.82, 2.24) is 0 Å². The van der Waals surface area contributed by atoms with Crippen molar-refractivity contribution in [2.45, 2.75) is 45.4 Å². The zero-order valence-corrected chi connectivity index (χ0v) is 16.7. The molecular formula is C26H30N+. The van der Waals surface area contributed by atoms with E-state index >= 15 is 0 Å². The molecule has 0 saturated heterocycles. The van der Waals surface area contributed by atoms with Gasteiger partial charge in [0.25, 0.3) is 0 Å². The van der Waals surface area contributed by atoms with Crippen LogP contribution in [0.4, 0.5) is 0 Å². The SMILES string of the molecule is [2H]C1(c2ccc(-c3ccc(-c4ccccc4C)[n+](C)c3)cc2)CCC(C)CC1. The lowest BCUT2D eigenvalue weighted by Crippen LogP contribution is -2.30. The summed E-state index contributed by atoms with van der Waals surface area (Å²) in [5, 5.41) is 0. The third-order valence-corrected chi connectivity index (χ3v) is 6.06. The summed E-state index contributed by atoms with van der Waals surface area (Å²) in [6, 6.07) is 21.6. The highest BCUT2D eigenvalue weighted by atomic mass is 14.9. The molecule has 27 heavy (non-hydrogen) atoms. The first kappa shape index (κ1) is 16.7. The second-order valence-electron chi connectivity index (χ2n) is 8.09. The number of pyridine rings is 1. The lowest BCUT2D eigenvalue weighted by atomic mass is 9.79. The minimum absolute atomic E-state index is 0.398. The zero-order valence-electron chi connectivity index (χ0n) is 17.7. The minimum atomic E-state index is -0.398. The van der Waals surface area contributed by atoms with Crippen LogP contribution in [-0.4, -0.2) is 0 Å².